The van der Waals surface area contributed by atoms with Crippen LogP contribution in [0, 0.1) is 5.82 Å². The van der Waals surface area contributed by atoms with Crippen molar-refractivity contribution in [2.75, 3.05) is 32.6 Å². The van der Waals surface area contributed by atoms with Gasteiger partial charge in [-0.05, 0) is 18.2 Å². The first-order chi connectivity index (χ1) is 16.9. The minimum absolute atomic E-state index is 0.00672. The Bertz CT molecular complexity index is 1310. The Morgan fingerprint density at radius 2 is 2.03 bits per heavy atom. The number of nitrogens with zero attached hydrogens (tertiary/aromatic N) is 3. The van der Waals surface area contributed by atoms with Crippen molar-refractivity contribution in [1.82, 2.24) is 9.97 Å². The molecule has 36 heavy (non-hydrogen) atoms. The number of nitrogens with two attached hydrogens (primary N) is 1. The minimum atomic E-state index is -4.49. The van der Waals surface area contributed by atoms with Gasteiger partial charge >= 0.3 is 6.18 Å². The molecule has 2 heterocycles. The van der Waals surface area contributed by atoms with E-state index < -0.39 is 41.1 Å². The molecule has 1 saturated heterocycles. The van der Waals surface area contributed by atoms with Gasteiger partial charge in [0.25, 0.3) is 5.91 Å². The molecule has 3 aromatic rings. The normalized spacial score (nSPS) is 22.0. The number of likely N-dealkylation sites (tertiary alicyclic amines) is 1. The van der Waals surface area contributed by atoms with Crippen molar-refractivity contribution in [3.8, 4) is 11.5 Å². The van der Waals surface area contributed by atoms with Gasteiger partial charge < -0.3 is 25.0 Å². The van der Waals surface area contributed by atoms with E-state index >= 15 is 0 Å². The third kappa shape index (κ3) is 5.24. The van der Waals surface area contributed by atoms with E-state index in [1.54, 1.807) is 18.2 Å². The predicted molar refractivity (Wildman–Crippen MR) is 125 cm³/mol. The predicted octanol–water partition coefficient (Wildman–Crippen LogP) is 4.19. The monoisotopic (exact) mass is 528 g/mol. The van der Waals surface area contributed by atoms with Crippen LogP contribution < -0.4 is 20.5 Å². The number of rotatable bonds is 7. The summed E-state index contributed by atoms with van der Waals surface area (Å²) in [6.45, 7) is -1.32. The fraction of sp³-hybridized carbons (Fsp3) is 0.348. The van der Waals surface area contributed by atoms with Crippen LogP contribution in [0.25, 0.3) is 10.9 Å². The molecule has 3 atom stereocenters. The van der Waals surface area contributed by atoms with Crippen LogP contribution in [0.4, 0.5) is 29.1 Å². The number of amides is 1. The lowest BCUT2D eigenvalue weighted by Crippen LogP contribution is -2.57. The Morgan fingerprint density at radius 3 is 2.69 bits per heavy atom. The maximum Gasteiger partial charge on any atom is 0.438 e. The number of hydrogen-bond acceptors (Lipinski definition) is 6. The van der Waals surface area contributed by atoms with Crippen molar-refractivity contribution >= 4 is 39.9 Å². The molecule has 13 heteroatoms. The quantitative estimate of drug-likeness (QED) is 0.352. The lowest BCUT2D eigenvalue weighted by atomic mass is 10.1. The van der Waals surface area contributed by atoms with Gasteiger partial charge in [0.1, 0.15) is 18.7 Å². The second kappa shape index (κ2) is 9.58. The number of likely N-dealkylation sites (N-methyl/N-ethyl adjacent to an activating group) is 1. The second-order valence-electron chi connectivity index (χ2n) is 8.80. The first-order valence-electron chi connectivity index (χ1n) is 10.8. The van der Waals surface area contributed by atoms with Gasteiger partial charge in [-0.1, -0.05) is 17.7 Å². The summed E-state index contributed by atoms with van der Waals surface area (Å²) in [6.07, 6.45) is -3.98. The number of quaternary nitrogens is 1. The number of ether oxygens (including phenoxy) is 2. The van der Waals surface area contributed by atoms with E-state index in [0.717, 1.165) is 0 Å². The van der Waals surface area contributed by atoms with E-state index in [4.69, 9.17) is 26.8 Å². The number of nitrogens with one attached hydrogen (secondary N) is 1. The second-order valence-corrected chi connectivity index (χ2v) is 9.21. The number of alkyl halides is 3. The molecule has 0 spiro atoms. The molecule has 1 aromatic heterocycles. The number of primary amides is 1. The zero-order chi connectivity index (χ0) is 26.3. The Balaban J connectivity index is 1.68. The van der Waals surface area contributed by atoms with E-state index in [-0.39, 0.29) is 41.0 Å². The van der Waals surface area contributed by atoms with Gasteiger partial charge in [-0.25, -0.2) is 14.4 Å². The highest BCUT2D eigenvalue weighted by molar-refractivity contribution is 6.31. The average Bonchev–Trinajstić information content (AvgIpc) is 3.10. The van der Waals surface area contributed by atoms with Crippen molar-refractivity contribution in [1.29, 1.82) is 0 Å². The number of carbonyl (C=O) groups excluding carboxylic acids is 1. The lowest BCUT2D eigenvalue weighted by Gasteiger charge is -2.34. The Kier molecular flexibility index (Phi) is 6.84. The zero-order valence-electron chi connectivity index (χ0n) is 19.3. The van der Waals surface area contributed by atoms with Crippen LogP contribution in [0.1, 0.15) is 6.42 Å². The SMILES string of the molecule is COc1cc2ncnc(Nc3cccc(Cl)c3F)c2cc1O[C@H]1C[C@H](C(N)=O)[N+](C)(CC(F)(F)F)C1. The molecule has 1 fully saturated rings. The van der Waals surface area contributed by atoms with Gasteiger partial charge in [0.2, 0.25) is 0 Å². The molecule has 0 saturated carbocycles. The number of anilines is 2. The molecule has 1 amide bonds. The van der Waals surface area contributed by atoms with Crippen LogP contribution in [-0.4, -0.2) is 65.9 Å². The van der Waals surface area contributed by atoms with Crippen molar-refractivity contribution < 1.29 is 36.3 Å². The van der Waals surface area contributed by atoms with E-state index in [1.165, 1.54) is 32.6 Å². The molecular weight excluding hydrogens is 506 g/mol. The third-order valence-electron chi connectivity index (χ3n) is 6.15. The Morgan fingerprint density at radius 1 is 1.28 bits per heavy atom. The highest BCUT2D eigenvalue weighted by Crippen LogP contribution is 2.39. The summed E-state index contributed by atoms with van der Waals surface area (Å²) in [5.74, 6) is -0.785. The summed E-state index contributed by atoms with van der Waals surface area (Å²) in [6, 6.07) is 6.50. The first-order valence-corrected chi connectivity index (χ1v) is 11.2. The van der Waals surface area contributed by atoms with E-state index in [0.29, 0.717) is 10.9 Å². The number of fused-ring (bicyclic) bond motifs is 1. The molecule has 2 aromatic carbocycles. The van der Waals surface area contributed by atoms with Gasteiger partial charge in [-0.15, -0.1) is 0 Å². The van der Waals surface area contributed by atoms with Gasteiger partial charge in [0.15, 0.2) is 36.0 Å². The van der Waals surface area contributed by atoms with Crippen molar-refractivity contribution in [2.24, 2.45) is 5.73 Å². The highest BCUT2D eigenvalue weighted by Gasteiger charge is 2.53. The number of hydrogen-bond donors (Lipinski definition) is 2. The topological polar surface area (TPSA) is 99.4 Å². The number of aromatic nitrogens is 2. The van der Waals surface area contributed by atoms with Gasteiger partial charge in [0.05, 0.1) is 36.8 Å². The highest BCUT2D eigenvalue weighted by atomic mass is 35.5. The number of carbonyl (C=O) groups is 1. The van der Waals surface area contributed by atoms with Crippen LogP contribution in [0.2, 0.25) is 5.02 Å². The van der Waals surface area contributed by atoms with Gasteiger partial charge in [-0.2, -0.15) is 13.2 Å². The van der Waals surface area contributed by atoms with Crippen LogP contribution >= 0.6 is 11.6 Å². The molecular formula is C23H23ClF4N5O3+. The summed E-state index contributed by atoms with van der Waals surface area (Å²) in [4.78, 5) is 20.4. The third-order valence-corrected chi connectivity index (χ3v) is 6.44. The van der Waals surface area contributed by atoms with Crippen LogP contribution in [0.15, 0.2) is 36.7 Å². The molecule has 1 aliphatic heterocycles. The molecule has 192 valence electrons. The minimum Gasteiger partial charge on any atom is -0.493 e. The first kappa shape index (κ1) is 25.7. The van der Waals surface area contributed by atoms with E-state index in [1.807, 2.05) is 0 Å². The molecule has 4 rings (SSSR count). The average molecular weight is 529 g/mol. The van der Waals surface area contributed by atoms with Crippen LogP contribution in [-0.2, 0) is 4.79 Å². The maximum absolute atomic E-state index is 14.4. The maximum atomic E-state index is 14.4. The summed E-state index contributed by atoms with van der Waals surface area (Å²) in [5, 5.41) is 3.24. The van der Waals surface area contributed by atoms with Crippen molar-refractivity contribution in [3.63, 3.8) is 0 Å². The zero-order valence-corrected chi connectivity index (χ0v) is 20.0. The van der Waals surface area contributed by atoms with E-state index in [9.17, 15) is 22.4 Å². The van der Waals surface area contributed by atoms with Gasteiger partial charge in [-0.3, -0.25) is 4.79 Å². The molecule has 0 radical (unpaired) electrons. The molecule has 1 unspecified atom stereocenters. The molecule has 0 bridgehead atoms. The lowest BCUT2D eigenvalue weighted by molar-refractivity contribution is -0.922. The molecule has 0 aliphatic carbocycles. The standard InChI is InChI=1S/C23H22ClF4N5O3/c1-33(10-23(26,27)28)9-12(6-17(33)21(29)34)36-19-7-13-16(8-18(19)35-2)30-11-31-22(13)32-15-5-3-4-14(24)20(15)25/h3-5,7-8,11-12,17H,6,9-10H2,1-2H3,(H2-,29,30,31,32,34)/p+1/t12-,17+,33?/m0/s1. The number of methoxy groups -OCH3 is 1. The number of halogens is 5. The van der Waals surface area contributed by atoms with Crippen molar-refractivity contribution in [3.05, 3.63) is 47.5 Å². The smallest absolute Gasteiger partial charge is 0.438 e. The summed E-state index contributed by atoms with van der Waals surface area (Å²) >= 11 is 5.87. The number of benzene rings is 2. The Hall–Kier alpha value is -3.38. The fourth-order valence-corrected chi connectivity index (χ4v) is 4.76. The summed E-state index contributed by atoms with van der Waals surface area (Å²) < 4.78 is 65.0. The van der Waals surface area contributed by atoms with E-state index in [2.05, 4.69) is 15.3 Å². The summed E-state index contributed by atoms with van der Waals surface area (Å²) in [5.41, 5.74) is 5.95. The fourth-order valence-electron chi connectivity index (χ4n) is 4.59. The Labute approximate surface area is 208 Å². The largest absolute Gasteiger partial charge is 0.493 e. The molecule has 8 nitrogen and oxygen atoms in total. The van der Waals surface area contributed by atoms with Crippen molar-refractivity contribution in [2.45, 2.75) is 24.7 Å². The van der Waals surface area contributed by atoms with Crippen LogP contribution in [0.5, 0.6) is 11.5 Å². The molecule has 1 aliphatic rings. The summed E-state index contributed by atoms with van der Waals surface area (Å²) in [7, 11) is 2.74. The molecule has 3 N–H and O–H groups in total. The van der Waals surface area contributed by atoms with Gasteiger partial charge in [0, 0.05) is 11.5 Å². The van der Waals surface area contributed by atoms with Crippen LogP contribution in [0.3, 0.4) is 0 Å².